The molecule has 3 rings (SSSR count). The van der Waals surface area contributed by atoms with E-state index in [2.05, 4.69) is 10.2 Å². The zero-order chi connectivity index (χ0) is 20.1. The van der Waals surface area contributed by atoms with Gasteiger partial charge in [-0.05, 0) is 50.2 Å². The van der Waals surface area contributed by atoms with Gasteiger partial charge >= 0.3 is 5.97 Å². The molecule has 1 aliphatic rings. The Morgan fingerprint density at radius 3 is 2.61 bits per heavy atom. The number of carbonyl (C=O) groups is 1. The molecule has 150 valence electrons. The molecule has 0 radical (unpaired) electrons. The van der Waals surface area contributed by atoms with Crippen LogP contribution in [-0.2, 0) is 11.3 Å². The van der Waals surface area contributed by atoms with Crippen molar-refractivity contribution in [1.29, 1.82) is 0 Å². The van der Waals surface area contributed by atoms with E-state index in [9.17, 15) is 15.0 Å². The molecule has 0 spiro atoms. The minimum atomic E-state index is -0.553. The Balaban J connectivity index is 1.56. The van der Waals surface area contributed by atoms with Crippen LogP contribution in [0.15, 0.2) is 30.3 Å². The van der Waals surface area contributed by atoms with Crippen LogP contribution in [0.5, 0.6) is 11.5 Å². The summed E-state index contributed by atoms with van der Waals surface area (Å²) in [6.07, 6.45) is 2.37. The van der Waals surface area contributed by atoms with Crippen LogP contribution in [0.25, 0.3) is 0 Å². The molecular formula is C20H22Cl2N2O4. The summed E-state index contributed by atoms with van der Waals surface area (Å²) in [7, 11) is 0. The first kappa shape index (κ1) is 20.6. The minimum absolute atomic E-state index is 0.0546. The molecule has 3 N–H and O–H groups in total. The number of carbonyl (C=O) groups excluding carboxylic acids is 1. The molecule has 6 nitrogen and oxygen atoms in total. The summed E-state index contributed by atoms with van der Waals surface area (Å²) < 4.78 is 5.26. The average Bonchev–Trinajstić information content (AvgIpc) is 3.17. The molecule has 1 heterocycles. The number of anilines is 1. The highest BCUT2D eigenvalue weighted by atomic mass is 35.5. The van der Waals surface area contributed by atoms with Gasteiger partial charge in [0.1, 0.15) is 23.7 Å². The molecule has 0 unspecified atom stereocenters. The van der Waals surface area contributed by atoms with Crippen molar-refractivity contribution in [1.82, 2.24) is 4.90 Å². The van der Waals surface area contributed by atoms with Gasteiger partial charge in [-0.25, -0.2) is 4.79 Å². The Hall–Kier alpha value is -2.15. The fourth-order valence-electron chi connectivity index (χ4n) is 3.12. The Bertz CT molecular complexity index is 854. The van der Waals surface area contributed by atoms with Crippen molar-refractivity contribution in [3.63, 3.8) is 0 Å². The van der Waals surface area contributed by atoms with Gasteiger partial charge < -0.3 is 20.3 Å². The lowest BCUT2D eigenvalue weighted by Crippen LogP contribution is -2.25. The zero-order valence-corrected chi connectivity index (χ0v) is 16.8. The molecule has 0 bridgehead atoms. The highest BCUT2D eigenvalue weighted by Gasteiger charge is 2.16. The maximum absolute atomic E-state index is 12.2. The Morgan fingerprint density at radius 2 is 1.89 bits per heavy atom. The van der Waals surface area contributed by atoms with E-state index in [0.717, 1.165) is 13.1 Å². The van der Waals surface area contributed by atoms with E-state index in [4.69, 9.17) is 27.9 Å². The molecule has 28 heavy (non-hydrogen) atoms. The van der Waals surface area contributed by atoms with Crippen LogP contribution in [0.1, 0.15) is 28.8 Å². The van der Waals surface area contributed by atoms with Crippen LogP contribution in [0, 0.1) is 0 Å². The second kappa shape index (κ2) is 9.37. The SMILES string of the molecule is O=C(OCCN1CCCC1)c1ccc(NCc2cc(Cl)cc(Cl)c2O)cc1O. The number of benzene rings is 2. The number of phenols is 2. The number of halogens is 2. The topological polar surface area (TPSA) is 82.0 Å². The number of aromatic hydroxyl groups is 2. The van der Waals surface area contributed by atoms with Gasteiger partial charge in [0.05, 0.1) is 5.02 Å². The highest BCUT2D eigenvalue weighted by Crippen LogP contribution is 2.32. The van der Waals surface area contributed by atoms with E-state index in [1.165, 1.54) is 31.0 Å². The summed E-state index contributed by atoms with van der Waals surface area (Å²) in [5, 5.41) is 23.8. The first-order valence-corrected chi connectivity index (χ1v) is 9.83. The summed E-state index contributed by atoms with van der Waals surface area (Å²) in [6, 6.07) is 7.64. The van der Waals surface area contributed by atoms with Crippen molar-refractivity contribution < 1.29 is 19.7 Å². The lowest BCUT2D eigenvalue weighted by Gasteiger charge is -2.15. The van der Waals surface area contributed by atoms with Crippen molar-refractivity contribution >= 4 is 34.9 Å². The molecule has 0 amide bonds. The first-order chi connectivity index (χ1) is 13.4. The fourth-order valence-corrected chi connectivity index (χ4v) is 3.65. The monoisotopic (exact) mass is 424 g/mol. The summed E-state index contributed by atoms with van der Waals surface area (Å²) in [4.78, 5) is 14.4. The smallest absolute Gasteiger partial charge is 0.341 e. The Labute approximate surface area is 173 Å². The van der Waals surface area contributed by atoms with Crippen LogP contribution in [0.3, 0.4) is 0 Å². The molecule has 1 fully saturated rings. The van der Waals surface area contributed by atoms with E-state index < -0.39 is 5.97 Å². The van der Waals surface area contributed by atoms with Crippen LogP contribution in [-0.4, -0.2) is 47.3 Å². The van der Waals surface area contributed by atoms with Crippen molar-refractivity contribution in [2.75, 3.05) is 31.6 Å². The van der Waals surface area contributed by atoms with E-state index in [1.807, 2.05) is 0 Å². The van der Waals surface area contributed by atoms with Crippen molar-refractivity contribution in [2.45, 2.75) is 19.4 Å². The number of nitrogens with one attached hydrogen (secondary N) is 1. The maximum Gasteiger partial charge on any atom is 0.341 e. The predicted octanol–water partition coefficient (Wildman–Crippen LogP) is 4.27. The van der Waals surface area contributed by atoms with Crippen molar-refractivity contribution in [3.8, 4) is 11.5 Å². The predicted molar refractivity (Wildman–Crippen MR) is 110 cm³/mol. The van der Waals surface area contributed by atoms with E-state index in [-0.39, 0.29) is 28.6 Å². The molecule has 0 saturated carbocycles. The van der Waals surface area contributed by atoms with Gasteiger partial charge in [0.25, 0.3) is 0 Å². The van der Waals surface area contributed by atoms with Crippen LogP contribution in [0.4, 0.5) is 5.69 Å². The van der Waals surface area contributed by atoms with E-state index in [0.29, 0.717) is 29.4 Å². The number of nitrogens with zero attached hydrogens (tertiary/aromatic N) is 1. The third-order valence-corrected chi connectivity index (χ3v) is 5.15. The lowest BCUT2D eigenvalue weighted by molar-refractivity contribution is 0.0469. The Morgan fingerprint density at radius 1 is 1.14 bits per heavy atom. The highest BCUT2D eigenvalue weighted by molar-refractivity contribution is 6.35. The molecule has 0 aliphatic carbocycles. The second-order valence-electron chi connectivity index (χ2n) is 6.67. The first-order valence-electron chi connectivity index (χ1n) is 9.07. The van der Waals surface area contributed by atoms with E-state index >= 15 is 0 Å². The van der Waals surface area contributed by atoms with Crippen molar-refractivity contribution in [3.05, 3.63) is 51.5 Å². The quantitative estimate of drug-likeness (QED) is 0.575. The third kappa shape index (κ3) is 5.22. The van der Waals surface area contributed by atoms with Crippen LogP contribution >= 0.6 is 23.2 Å². The zero-order valence-electron chi connectivity index (χ0n) is 15.3. The molecule has 1 saturated heterocycles. The van der Waals surface area contributed by atoms with Gasteiger partial charge in [0.15, 0.2) is 0 Å². The average molecular weight is 425 g/mol. The van der Waals surface area contributed by atoms with Gasteiger partial charge in [-0.2, -0.15) is 0 Å². The largest absolute Gasteiger partial charge is 0.507 e. The van der Waals surface area contributed by atoms with Crippen molar-refractivity contribution in [2.24, 2.45) is 0 Å². The normalized spacial score (nSPS) is 14.2. The third-order valence-electron chi connectivity index (χ3n) is 4.65. The fraction of sp³-hybridized carbons (Fsp3) is 0.350. The molecule has 0 aromatic heterocycles. The summed E-state index contributed by atoms with van der Waals surface area (Å²) in [5.74, 6) is -0.784. The van der Waals surface area contributed by atoms with Crippen LogP contribution < -0.4 is 5.32 Å². The summed E-state index contributed by atoms with van der Waals surface area (Å²) >= 11 is 11.9. The summed E-state index contributed by atoms with van der Waals surface area (Å²) in [6.45, 7) is 3.32. The van der Waals surface area contributed by atoms with Gasteiger partial charge in [-0.1, -0.05) is 23.2 Å². The van der Waals surface area contributed by atoms with E-state index in [1.54, 1.807) is 12.1 Å². The number of likely N-dealkylation sites (tertiary alicyclic amines) is 1. The number of rotatable bonds is 7. The van der Waals surface area contributed by atoms with Gasteiger partial charge in [0.2, 0.25) is 0 Å². The Kier molecular flexibility index (Phi) is 6.88. The number of esters is 1. The molecule has 0 atom stereocenters. The number of phenolic OH excluding ortho intramolecular Hbond substituents is 2. The van der Waals surface area contributed by atoms with Gasteiger partial charge in [0, 0.05) is 35.4 Å². The number of ether oxygens (including phenoxy) is 1. The molecular weight excluding hydrogens is 403 g/mol. The summed E-state index contributed by atoms with van der Waals surface area (Å²) in [5.41, 5.74) is 1.20. The molecule has 2 aromatic rings. The lowest BCUT2D eigenvalue weighted by atomic mass is 10.1. The van der Waals surface area contributed by atoms with Gasteiger partial charge in [-0.3, -0.25) is 4.90 Å². The standard InChI is InChI=1S/C20H22Cl2N2O4/c21-14-9-13(19(26)17(22)10-14)12-23-15-3-4-16(18(25)11-15)20(27)28-8-7-24-5-1-2-6-24/h3-4,9-11,23,25-26H,1-2,5-8,12H2. The van der Waals surface area contributed by atoms with Crippen LogP contribution in [0.2, 0.25) is 10.0 Å². The van der Waals surface area contributed by atoms with Gasteiger partial charge in [-0.15, -0.1) is 0 Å². The number of hydrogen-bond donors (Lipinski definition) is 3. The molecule has 8 heteroatoms. The second-order valence-corrected chi connectivity index (χ2v) is 7.51. The minimum Gasteiger partial charge on any atom is -0.507 e. The molecule has 2 aromatic carbocycles. The maximum atomic E-state index is 12.2. The molecule has 1 aliphatic heterocycles. The number of hydrogen-bond acceptors (Lipinski definition) is 6.